The lowest BCUT2D eigenvalue weighted by Crippen LogP contribution is -2.12. The topological polar surface area (TPSA) is 40.7 Å². The standard InChI is InChI=1S/C17H17N3/c1-2-5-12(6-3-1)16-17-13(8-10-19-16)11-15(20-17)14-7-4-9-18-14/h1-3,5-6,8,10-11,14,18,20H,4,7,9H2/t14-/m0/s1. The molecule has 2 N–H and O–H groups in total. The number of nitrogens with zero attached hydrogens (tertiary/aromatic N) is 1. The fourth-order valence-corrected chi connectivity index (χ4v) is 3.03. The number of nitrogens with one attached hydrogen (secondary N) is 2. The molecule has 3 aromatic rings. The zero-order valence-electron chi connectivity index (χ0n) is 11.3. The first-order chi connectivity index (χ1) is 9.92. The van der Waals surface area contributed by atoms with Crippen LogP contribution < -0.4 is 5.32 Å². The number of pyridine rings is 1. The molecule has 1 aliphatic rings. The van der Waals surface area contributed by atoms with Gasteiger partial charge in [0.15, 0.2) is 0 Å². The van der Waals surface area contributed by atoms with Gasteiger partial charge in [-0.1, -0.05) is 30.3 Å². The molecule has 1 aliphatic heterocycles. The van der Waals surface area contributed by atoms with Gasteiger partial charge >= 0.3 is 0 Å². The Hall–Kier alpha value is -2.13. The van der Waals surface area contributed by atoms with Gasteiger partial charge in [0.2, 0.25) is 0 Å². The molecule has 3 heteroatoms. The largest absolute Gasteiger partial charge is 0.355 e. The number of benzene rings is 1. The molecule has 1 aromatic carbocycles. The molecule has 1 atom stereocenters. The van der Waals surface area contributed by atoms with Gasteiger partial charge in [0.1, 0.15) is 0 Å². The van der Waals surface area contributed by atoms with Crippen LogP contribution in [0.15, 0.2) is 48.7 Å². The predicted octanol–water partition coefficient (Wildman–Crippen LogP) is 3.65. The third-order valence-electron chi connectivity index (χ3n) is 4.05. The third-order valence-corrected chi connectivity index (χ3v) is 4.05. The van der Waals surface area contributed by atoms with E-state index in [9.17, 15) is 0 Å². The Balaban J connectivity index is 1.85. The molecular formula is C17H17N3. The summed E-state index contributed by atoms with van der Waals surface area (Å²) < 4.78 is 0. The molecule has 0 spiro atoms. The molecule has 0 aliphatic carbocycles. The SMILES string of the molecule is c1ccc(-c2nccc3cc([C@@H]4CCCN4)[nH]c23)cc1. The van der Waals surface area contributed by atoms with Gasteiger partial charge in [-0.3, -0.25) is 4.98 Å². The summed E-state index contributed by atoms with van der Waals surface area (Å²) in [5.41, 5.74) is 4.61. The zero-order chi connectivity index (χ0) is 13.4. The minimum absolute atomic E-state index is 0.464. The molecule has 3 nitrogen and oxygen atoms in total. The van der Waals surface area contributed by atoms with Crippen molar-refractivity contribution in [3.05, 3.63) is 54.4 Å². The summed E-state index contributed by atoms with van der Waals surface area (Å²) in [7, 11) is 0. The van der Waals surface area contributed by atoms with E-state index >= 15 is 0 Å². The molecule has 1 fully saturated rings. The highest BCUT2D eigenvalue weighted by Crippen LogP contribution is 2.30. The lowest BCUT2D eigenvalue weighted by atomic mass is 10.1. The highest BCUT2D eigenvalue weighted by atomic mass is 15.0. The lowest BCUT2D eigenvalue weighted by molar-refractivity contribution is 0.633. The third kappa shape index (κ3) is 1.91. The van der Waals surface area contributed by atoms with E-state index < -0.39 is 0 Å². The van der Waals surface area contributed by atoms with Crippen LogP contribution in [-0.2, 0) is 0 Å². The predicted molar refractivity (Wildman–Crippen MR) is 81.5 cm³/mol. The van der Waals surface area contributed by atoms with Crippen molar-refractivity contribution in [2.24, 2.45) is 0 Å². The number of rotatable bonds is 2. The van der Waals surface area contributed by atoms with Gasteiger partial charge in [-0.15, -0.1) is 0 Å². The highest BCUT2D eigenvalue weighted by molar-refractivity contribution is 5.92. The summed E-state index contributed by atoms with van der Waals surface area (Å²) in [5, 5.41) is 4.78. The van der Waals surface area contributed by atoms with Crippen LogP contribution in [0.3, 0.4) is 0 Å². The van der Waals surface area contributed by atoms with E-state index in [0.29, 0.717) is 6.04 Å². The second-order valence-corrected chi connectivity index (χ2v) is 5.36. The number of hydrogen-bond acceptors (Lipinski definition) is 2. The fourth-order valence-electron chi connectivity index (χ4n) is 3.03. The number of hydrogen-bond donors (Lipinski definition) is 2. The molecular weight excluding hydrogens is 246 g/mol. The van der Waals surface area contributed by atoms with E-state index in [-0.39, 0.29) is 0 Å². The van der Waals surface area contributed by atoms with Gasteiger partial charge in [0.05, 0.1) is 11.2 Å². The van der Waals surface area contributed by atoms with Crippen molar-refractivity contribution in [1.82, 2.24) is 15.3 Å². The minimum Gasteiger partial charge on any atom is -0.355 e. The first kappa shape index (κ1) is 11.7. The van der Waals surface area contributed by atoms with Crippen LogP contribution in [0.4, 0.5) is 0 Å². The van der Waals surface area contributed by atoms with E-state index in [1.807, 2.05) is 12.3 Å². The second-order valence-electron chi connectivity index (χ2n) is 5.36. The number of H-pyrrole nitrogens is 1. The van der Waals surface area contributed by atoms with E-state index in [4.69, 9.17) is 0 Å². The average molecular weight is 263 g/mol. The zero-order valence-corrected chi connectivity index (χ0v) is 11.3. The Morgan fingerprint density at radius 2 is 2.00 bits per heavy atom. The van der Waals surface area contributed by atoms with Crippen LogP contribution in [-0.4, -0.2) is 16.5 Å². The summed E-state index contributed by atoms with van der Waals surface area (Å²) in [6.45, 7) is 1.11. The molecule has 0 radical (unpaired) electrons. The summed E-state index contributed by atoms with van der Waals surface area (Å²) in [6.07, 6.45) is 4.36. The van der Waals surface area contributed by atoms with Crippen molar-refractivity contribution in [3.8, 4) is 11.3 Å². The Kier molecular flexibility index (Phi) is 2.78. The maximum atomic E-state index is 4.57. The molecule has 4 rings (SSSR count). The van der Waals surface area contributed by atoms with E-state index in [2.05, 4.69) is 51.7 Å². The van der Waals surface area contributed by atoms with Crippen molar-refractivity contribution in [1.29, 1.82) is 0 Å². The van der Waals surface area contributed by atoms with Crippen LogP contribution in [0.1, 0.15) is 24.6 Å². The smallest absolute Gasteiger partial charge is 0.0942 e. The van der Waals surface area contributed by atoms with Crippen LogP contribution in [0.5, 0.6) is 0 Å². The molecule has 0 bridgehead atoms. The monoisotopic (exact) mass is 263 g/mol. The van der Waals surface area contributed by atoms with E-state index in [1.165, 1.54) is 23.9 Å². The Labute approximate surface area is 118 Å². The highest BCUT2D eigenvalue weighted by Gasteiger charge is 2.19. The molecule has 0 unspecified atom stereocenters. The van der Waals surface area contributed by atoms with Crippen LogP contribution >= 0.6 is 0 Å². The maximum Gasteiger partial charge on any atom is 0.0942 e. The van der Waals surface area contributed by atoms with Gasteiger partial charge in [-0.2, -0.15) is 0 Å². The van der Waals surface area contributed by atoms with E-state index in [0.717, 1.165) is 23.3 Å². The molecule has 2 aromatic heterocycles. The molecule has 3 heterocycles. The van der Waals surface area contributed by atoms with Crippen molar-refractivity contribution in [3.63, 3.8) is 0 Å². The summed E-state index contributed by atoms with van der Waals surface area (Å²) in [6, 6.07) is 15.2. The minimum atomic E-state index is 0.464. The maximum absolute atomic E-state index is 4.57. The Morgan fingerprint density at radius 1 is 1.10 bits per heavy atom. The summed E-state index contributed by atoms with van der Waals surface area (Å²) in [4.78, 5) is 8.15. The van der Waals surface area contributed by atoms with Crippen molar-refractivity contribution < 1.29 is 0 Å². The molecule has 20 heavy (non-hydrogen) atoms. The van der Waals surface area contributed by atoms with Gasteiger partial charge in [-0.05, 0) is 31.5 Å². The van der Waals surface area contributed by atoms with Crippen molar-refractivity contribution in [2.75, 3.05) is 6.54 Å². The number of aromatic amines is 1. The van der Waals surface area contributed by atoms with Gasteiger partial charge < -0.3 is 10.3 Å². The van der Waals surface area contributed by atoms with Crippen molar-refractivity contribution in [2.45, 2.75) is 18.9 Å². The van der Waals surface area contributed by atoms with Crippen LogP contribution in [0.25, 0.3) is 22.2 Å². The average Bonchev–Trinajstić information content (AvgIpc) is 3.16. The molecule has 0 saturated carbocycles. The van der Waals surface area contributed by atoms with Crippen LogP contribution in [0.2, 0.25) is 0 Å². The normalized spacial score (nSPS) is 18.7. The van der Waals surface area contributed by atoms with Gasteiger partial charge in [0, 0.05) is 28.9 Å². The Bertz CT molecular complexity index is 724. The summed E-state index contributed by atoms with van der Waals surface area (Å²) in [5.74, 6) is 0. The lowest BCUT2D eigenvalue weighted by Gasteiger charge is -2.06. The van der Waals surface area contributed by atoms with Gasteiger partial charge in [-0.25, -0.2) is 0 Å². The second kappa shape index (κ2) is 4.76. The first-order valence-electron chi connectivity index (χ1n) is 7.18. The van der Waals surface area contributed by atoms with Crippen LogP contribution in [0, 0.1) is 0 Å². The fraction of sp³-hybridized carbons (Fsp3) is 0.235. The Morgan fingerprint density at radius 3 is 2.80 bits per heavy atom. The number of aromatic nitrogens is 2. The molecule has 100 valence electrons. The van der Waals surface area contributed by atoms with E-state index in [1.54, 1.807) is 0 Å². The number of fused-ring (bicyclic) bond motifs is 1. The van der Waals surface area contributed by atoms with Gasteiger partial charge in [0.25, 0.3) is 0 Å². The molecule has 1 saturated heterocycles. The van der Waals surface area contributed by atoms with Crippen molar-refractivity contribution >= 4 is 10.9 Å². The quantitative estimate of drug-likeness (QED) is 0.741. The molecule has 0 amide bonds. The first-order valence-corrected chi connectivity index (χ1v) is 7.18. The summed E-state index contributed by atoms with van der Waals surface area (Å²) >= 11 is 0.